The van der Waals surface area contributed by atoms with Crippen LogP contribution in [0.2, 0.25) is 0 Å². The molecule has 25 heavy (non-hydrogen) atoms. The van der Waals surface area contributed by atoms with Crippen molar-refractivity contribution in [1.29, 1.82) is 0 Å². The summed E-state index contributed by atoms with van der Waals surface area (Å²) in [5, 5.41) is 9.42. The fraction of sp³-hybridized carbons (Fsp3) is 0.316. The van der Waals surface area contributed by atoms with Crippen LogP contribution >= 0.6 is 11.8 Å². The van der Waals surface area contributed by atoms with Crippen molar-refractivity contribution in [1.82, 2.24) is 19.7 Å². The monoisotopic (exact) mass is 354 g/mol. The fourth-order valence-corrected chi connectivity index (χ4v) is 3.78. The summed E-state index contributed by atoms with van der Waals surface area (Å²) >= 11 is 1.45. The Bertz CT molecular complexity index is 867. The molecule has 3 rings (SSSR count). The van der Waals surface area contributed by atoms with Crippen LogP contribution in [0.3, 0.4) is 0 Å². The van der Waals surface area contributed by atoms with Crippen LogP contribution in [0.4, 0.5) is 0 Å². The molecule has 3 aromatic rings. The molecule has 6 heteroatoms. The van der Waals surface area contributed by atoms with Crippen LogP contribution in [0, 0.1) is 13.8 Å². The molecule has 0 aliphatic carbocycles. The SMILES string of the molecule is CCn1c(Cc2ccccc2)nnc1SCC(=O)c1cc(C)[nH]c1C. The van der Waals surface area contributed by atoms with Crippen LogP contribution < -0.4 is 0 Å². The Morgan fingerprint density at radius 2 is 1.96 bits per heavy atom. The highest BCUT2D eigenvalue weighted by Gasteiger charge is 2.16. The number of carbonyl (C=O) groups excluding carboxylic acids is 1. The zero-order valence-electron chi connectivity index (χ0n) is 14.7. The van der Waals surface area contributed by atoms with E-state index in [2.05, 4.69) is 38.8 Å². The minimum Gasteiger partial charge on any atom is -0.362 e. The molecular formula is C19H22N4OS. The van der Waals surface area contributed by atoms with Gasteiger partial charge >= 0.3 is 0 Å². The first-order valence-electron chi connectivity index (χ1n) is 8.36. The predicted octanol–water partition coefficient (Wildman–Crippen LogP) is 3.81. The summed E-state index contributed by atoms with van der Waals surface area (Å²) in [5.41, 5.74) is 3.89. The summed E-state index contributed by atoms with van der Waals surface area (Å²) in [7, 11) is 0. The highest BCUT2D eigenvalue weighted by Crippen LogP contribution is 2.21. The number of hydrogen-bond acceptors (Lipinski definition) is 4. The van der Waals surface area contributed by atoms with Gasteiger partial charge in [0.05, 0.1) is 5.75 Å². The largest absolute Gasteiger partial charge is 0.362 e. The molecule has 130 valence electrons. The Morgan fingerprint density at radius 3 is 2.60 bits per heavy atom. The summed E-state index contributed by atoms with van der Waals surface area (Å²) in [6, 6.07) is 12.1. The van der Waals surface area contributed by atoms with Gasteiger partial charge in [-0.05, 0) is 32.4 Å². The molecule has 0 atom stereocenters. The van der Waals surface area contributed by atoms with Gasteiger partial charge in [-0.15, -0.1) is 10.2 Å². The minimum absolute atomic E-state index is 0.113. The van der Waals surface area contributed by atoms with E-state index in [1.807, 2.05) is 38.1 Å². The van der Waals surface area contributed by atoms with E-state index in [4.69, 9.17) is 0 Å². The molecular weight excluding hydrogens is 332 g/mol. The van der Waals surface area contributed by atoms with E-state index < -0.39 is 0 Å². The Balaban J connectivity index is 1.70. The summed E-state index contributed by atoms with van der Waals surface area (Å²) in [5.74, 6) is 1.40. The zero-order chi connectivity index (χ0) is 17.8. The number of rotatable bonds is 7. The summed E-state index contributed by atoms with van der Waals surface area (Å²) < 4.78 is 2.08. The van der Waals surface area contributed by atoms with Gasteiger partial charge in [0.25, 0.3) is 0 Å². The second-order valence-electron chi connectivity index (χ2n) is 6.01. The molecule has 0 saturated heterocycles. The van der Waals surface area contributed by atoms with Gasteiger partial charge < -0.3 is 9.55 Å². The third-order valence-corrected chi connectivity index (χ3v) is 5.06. The lowest BCUT2D eigenvalue weighted by molar-refractivity contribution is 0.102. The van der Waals surface area contributed by atoms with Gasteiger partial charge in [-0.25, -0.2) is 0 Å². The van der Waals surface area contributed by atoms with Crippen molar-refractivity contribution in [2.45, 2.75) is 38.9 Å². The van der Waals surface area contributed by atoms with Crippen molar-refractivity contribution >= 4 is 17.5 Å². The van der Waals surface area contributed by atoms with Crippen LogP contribution in [0.25, 0.3) is 0 Å². The number of aromatic nitrogens is 4. The third-order valence-electron chi connectivity index (χ3n) is 4.10. The number of carbonyl (C=O) groups is 1. The van der Waals surface area contributed by atoms with Crippen molar-refractivity contribution < 1.29 is 4.79 Å². The van der Waals surface area contributed by atoms with E-state index in [0.29, 0.717) is 5.75 Å². The second-order valence-corrected chi connectivity index (χ2v) is 6.95. The number of benzene rings is 1. The molecule has 0 spiro atoms. The van der Waals surface area contributed by atoms with E-state index in [-0.39, 0.29) is 5.78 Å². The molecule has 0 saturated carbocycles. The first-order chi connectivity index (χ1) is 12.1. The molecule has 0 aliphatic heterocycles. The number of nitrogens with one attached hydrogen (secondary N) is 1. The molecule has 0 unspecified atom stereocenters. The number of nitrogens with zero attached hydrogens (tertiary/aromatic N) is 3. The minimum atomic E-state index is 0.113. The molecule has 0 aliphatic rings. The Hall–Kier alpha value is -2.34. The van der Waals surface area contributed by atoms with Gasteiger partial charge in [-0.3, -0.25) is 4.79 Å². The van der Waals surface area contributed by atoms with Crippen LogP contribution in [0.5, 0.6) is 0 Å². The molecule has 0 radical (unpaired) electrons. The number of aryl methyl sites for hydroxylation is 2. The average molecular weight is 354 g/mol. The van der Waals surface area contributed by atoms with E-state index in [1.54, 1.807) is 0 Å². The quantitative estimate of drug-likeness (QED) is 0.518. The van der Waals surface area contributed by atoms with Crippen LogP contribution in [0.15, 0.2) is 41.6 Å². The summed E-state index contributed by atoms with van der Waals surface area (Å²) in [4.78, 5) is 15.6. The lowest BCUT2D eigenvalue weighted by Gasteiger charge is -2.07. The van der Waals surface area contributed by atoms with Crippen molar-refractivity contribution in [3.8, 4) is 0 Å². The van der Waals surface area contributed by atoms with E-state index in [1.165, 1.54) is 17.3 Å². The molecule has 2 heterocycles. The predicted molar refractivity (Wildman–Crippen MR) is 100 cm³/mol. The first-order valence-corrected chi connectivity index (χ1v) is 9.35. The van der Waals surface area contributed by atoms with Crippen LogP contribution in [-0.2, 0) is 13.0 Å². The summed E-state index contributed by atoms with van der Waals surface area (Å²) in [6.07, 6.45) is 0.742. The maximum atomic E-state index is 12.5. The first kappa shape index (κ1) is 17.5. The van der Waals surface area contributed by atoms with Crippen molar-refractivity contribution in [2.24, 2.45) is 0 Å². The standard InChI is InChI=1S/C19H22N4OS/c1-4-23-18(11-15-8-6-5-7-9-15)21-22-19(23)25-12-17(24)16-10-13(2)20-14(16)3/h5-10,20H,4,11-12H2,1-3H3. The number of Topliss-reactive ketones (excluding diaryl/α,β-unsaturated/α-hetero) is 1. The molecule has 0 bridgehead atoms. The van der Waals surface area contributed by atoms with Gasteiger partial charge in [0.2, 0.25) is 0 Å². The van der Waals surface area contributed by atoms with E-state index in [9.17, 15) is 4.79 Å². The van der Waals surface area contributed by atoms with Crippen LogP contribution in [-0.4, -0.2) is 31.3 Å². The highest BCUT2D eigenvalue weighted by atomic mass is 32.2. The van der Waals surface area contributed by atoms with Crippen LogP contribution in [0.1, 0.15) is 40.1 Å². The van der Waals surface area contributed by atoms with Gasteiger partial charge in [0.1, 0.15) is 5.82 Å². The van der Waals surface area contributed by atoms with Crippen molar-refractivity contribution in [3.05, 3.63) is 64.7 Å². The smallest absolute Gasteiger partial charge is 0.191 e. The van der Waals surface area contributed by atoms with E-state index >= 15 is 0 Å². The number of H-pyrrole nitrogens is 1. The normalized spacial score (nSPS) is 11.0. The third kappa shape index (κ3) is 4.02. The number of ketones is 1. The average Bonchev–Trinajstić information content (AvgIpc) is 3.15. The van der Waals surface area contributed by atoms with Gasteiger partial charge in [-0.1, -0.05) is 42.1 Å². The molecule has 5 nitrogen and oxygen atoms in total. The lowest BCUT2D eigenvalue weighted by Crippen LogP contribution is -2.07. The fourth-order valence-electron chi connectivity index (χ4n) is 2.87. The maximum absolute atomic E-state index is 12.5. The number of aromatic amines is 1. The molecule has 0 amide bonds. The molecule has 2 aromatic heterocycles. The Morgan fingerprint density at radius 1 is 1.20 bits per heavy atom. The Labute approximate surface area is 151 Å². The van der Waals surface area contributed by atoms with Crippen molar-refractivity contribution in [3.63, 3.8) is 0 Å². The summed E-state index contributed by atoms with van der Waals surface area (Å²) in [6.45, 7) is 6.75. The van der Waals surface area contributed by atoms with E-state index in [0.717, 1.165) is 40.9 Å². The van der Waals surface area contributed by atoms with Gasteiger partial charge in [0.15, 0.2) is 10.9 Å². The lowest BCUT2D eigenvalue weighted by atomic mass is 10.1. The molecule has 0 fully saturated rings. The van der Waals surface area contributed by atoms with Gasteiger partial charge in [0, 0.05) is 29.9 Å². The topological polar surface area (TPSA) is 63.6 Å². The number of hydrogen-bond donors (Lipinski definition) is 1. The van der Waals surface area contributed by atoms with Gasteiger partial charge in [-0.2, -0.15) is 0 Å². The van der Waals surface area contributed by atoms with Crippen molar-refractivity contribution in [2.75, 3.05) is 5.75 Å². The number of thioether (sulfide) groups is 1. The Kier molecular flexibility index (Phi) is 5.38. The zero-order valence-corrected chi connectivity index (χ0v) is 15.6. The molecule has 1 N–H and O–H groups in total. The maximum Gasteiger partial charge on any atom is 0.191 e. The highest BCUT2D eigenvalue weighted by molar-refractivity contribution is 7.99. The second kappa shape index (κ2) is 7.70. The molecule has 1 aromatic carbocycles.